The Hall–Kier alpha value is -0.830. The summed E-state index contributed by atoms with van der Waals surface area (Å²) in [5.41, 5.74) is 2.94. The van der Waals surface area contributed by atoms with Crippen LogP contribution in [0.25, 0.3) is 0 Å². The van der Waals surface area contributed by atoms with Crippen molar-refractivity contribution in [3.63, 3.8) is 0 Å². The zero-order chi connectivity index (χ0) is 8.77. The van der Waals surface area contributed by atoms with Crippen LogP contribution in [0.15, 0.2) is 6.20 Å². The Balaban J connectivity index is 2.56. The largest absolute Gasteiger partial charge is 0.312 e. The van der Waals surface area contributed by atoms with Crippen LogP contribution in [0.4, 0.5) is 0 Å². The molecule has 66 valence electrons. The van der Waals surface area contributed by atoms with Crippen molar-refractivity contribution in [2.24, 2.45) is 7.05 Å². The molecule has 1 aromatic heterocycles. The Labute approximate surface area is 72.8 Å². The first-order chi connectivity index (χ1) is 5.61. The summed E-state index contributed by atoms with van der Waals surface area (Å²) >= 11 is 0. The van der Waals surface area contributed by atoms with E-state index in [-0.39, 0.29) is 5.41 Å². The molecular formula is C9H15N3. The van der Waals surface area contributed by atoms with Crippen LogP contribution in [0.2, 0.25) is 0 Å². The first-order valence-corrected chi connectivity index (χ1v) is 4.33. The fraction of sp³-hybridized carbons (Fsp3) is 0.667. The second kappa shape index (κ2) is 2.33. The van der Waals surface area contributed by atoms with Gasteiger partial charge in [-0.2, -0.15) is 5.10 Å². The molecule has 1 N–H and O–H groups in total. The summed E-state index contributed by atoms with van der Waals surface area (Å²) in [6.45, 7) is 6.51. The number of hydrogen-bond acceptors (Lipinski definition) is 2. The summed E-state index contributed by atoms with van der Waals surface area (Å²) in [4.78, 5) is 0. The van der Waals surface area contributed by atoms with Gasteiger partial charge in [0.15, 0.2) is 0 Å². The van der Waals surface area contributed by atoms with Gasteiger partial charge < -0.3 is 5.32 Å². The predicted octanol–water partition coefficient (Wildman–Crippen LogP) is 0.801. The smallest absolute Gasteiger partial charge is 0.0537 e. The van der Waals surface area contributed by atoms with E-state index < -0.39 is 0 Å². The van der Waals surface area contributed by atoms with Crippen LogP contribution >= 0.6 is 0 Å². The minimum atomic E-state index is 0.221. The highest BCUT2D eigenvalue weighted by atomic mass is 15.3. The van der Waals surface area contributed by atoms with Gasteiger partial charge in [0.2, 0.25) is 0 Å². The molecule has 0 saturated heterocycles. The lowest BCUT2D eigenvalue weighted by molar-refractivity contribution is 0.406. The van der Waals surface area contributed by atoms with Gasteiger partial charge in [0.05, 0.1) is 6.20 Å². The lowest BCUT2D eigenvalue weighted by atomic mass is 9.84. The highest BCUT2D eigenvalue weighted by Gasteiger charge is 2.30. The van der Waals surface area contributed by atoms with Gasteiger partial charge in [0.1, 0.15) is 0 Å². The summed E-state index contributed by atoms with van der Waals surface area (Å²) in [5, 5.41) is 7.66. The van der Waals surface area contributed by atoms with E-state index in [0.29, 0.717) is 0 Å². The summed E-state index contributed by atoms with van der Waals surface area (Å²) < 4.78 is 2.00. The maximum Gasteiger partial charge on any atom is 0.0537 e. The summed E-state index contributed by atoms with van der Waals surface area (Å²) in [7, 11) is 2.02. The maximum absolute atomic E-state index is 4.27. The van der Waals surface area contributed by atoms with Crippen molar-refractivity contribution in [1.29, 1.82) is 0 Å². The molecule has 0 saturated carbocycles. The Kier molecular flexibility index (Phi) is 1.51. The van der Waals surface area contributed by atoms with E-state index in [9.17, 15) is 0 Å². The summed E-state index contributed by atoms with van der Waals surface area (Å²) in [5.74, 6) is 0. The molecule has 0 amide bonds. The van der Waals surface area contributed by atoms with E-state index in [1.807, 2.05) is 17.9 Å². The van der Waals surface area contributed by atoms with Crippen LogP contribution < -0.4 is 5.32 Å². The van der Waals surface area contributed by atoms with Crippen LogP contribution in [0.5, 0.6) is 0 Å². The molecule has 0 aliphatic carbocycles. The molecule has 2 heterocycles. The van der Waals surface area contributed by atoms with Gasteiger partial charge in [-0.3, -0.25) is 4.68 Å². The molecule has 0 bridgehead atoms. The van der Waals surface area contributed by atoms with Gasteiger partial charge in [-0.1, -0.05) is 13.8 Å². The fourth-order valence-corrected chi connectivity index (χ4v) is 2.08. The SMILES string of the molecule is Cn1ncc2c1C(C)(C)CNC2. The molecule has 2 rings (SSSR count). The van der Waals surface area contributed by atoms with Crippen molar-refractivity contribution in [2.45, 2.75) is 25.8 Å². The number of hydrogen-bond donors (Lipinski definition) is 1. The van der Waals surface area contributed by atoms with Crippen LogP contribution in [-0.4, -0.2) is 16.3 Å². The molecule has 3 nitrogen and oxygen atoms in total. The topological polar surface area (TPSA) is 29.9 Å². The van der Waals surface area contributed by atoms with Gasteiger partial charge in [-0.15, -0.1) is 0 Å². The molecule has 1 aliphatic rings. The minimum Gasteiger partial charge on any atom is -0.312 e. The molecule has 0 aromatic carbocycles. The molecule has 0 fully saturated rings. The van der Waals surface area contributed by atoms with Crippen molar-refractivity contribution in [2.75, 3.05) is 6.54 Å². The molecule has 0 unspecified atom stereocenters. The van der Waals surface area contributed by atoms with Crippen LogP contribution in [0, 0.1) is 0 Å². The van der Waals surface area contributed by atoms with Gasteiger partial charge >= 0.3 is 0 Å². The van der Waals surface area contributed by atoms with E-state index in [1.54, 1.807) is 0 Å². The molecule has 1 aromatic rings. The van der Waals surface area contributed by atoms with Crippen LogP contribution in [0.3, 0.4) is 0 Å². The van der Waals surface area contributed by atoms with Gasteiger partial charge in [0, 0.05) is 36.8 Å². The van der Waals surface area contributed by atoms with E-state index in [1.165, 1.54) is 11.3 Å². The molecule has 1 aliphatic heterocycles. The second-order valence-corrected chi connectivity index (χ2v) is 4.13. The Morgan fingerprint density at radius 3 is 3.00 bits per heavy atom. The number of aromatic nitrogens is 2. The van der Waals surface area contributed by atoms with Crippen molar-refractivity contribution < 1.29 is 0 Å². The van der Waals surface area contributed by atoms with Crippen LogP contribution in [0.1, 0.15) is 25.1 Å². The van der Waals surface area contributed by atoms with Crippen molar-refractivity contribution in [1.82, 2.24) is 15.1 Å². The first kappa shape index (κ1) is 7.80. The monoisotopic (exact) mass is 165 g/mol. The standard InChI is InChI=1S/C9H15N3/c1-9(2)6-10-4-7-5-11-12(3)8(7)9/h5,10H,4,6H2,1-3H3. The number of nitrogens with zero attached hydrogens (tertiary/aromatic N) is 2. The van der Waals surface area contributed by atoms with Gasteiger partial charge in [0.25, 0.3) is 0 Å². The third-order valence-electron chi connectivity index (χ3n) is 2.54. The number of nitrogens with one attached hydrogen (secondary N) is 1. The molecule has 3 heteroatoms. The van der Waals surface area contributed by atoms with Gasteiger partial charge in [-0.25, -0.2) is 0 Å². The Morgan fingerprint density at radius 2 is 2.33 bits per heavy atom. The molecule has 0 atom stereocenters. The average Bonchev–Trinajstić information content (AvgIpc) is 2.32. The lowest BCUT2D eigenvalue weighted by Crippen LogP contribution is -2.39. The molecule has 0 radical (unpaired) electrons. The second-order valence-electron chi connectivity index (χ2n) is 4.13. The maximum atomic E-state index is 4.27. The lowest BCUT2D eigenvalue weighted by Gasteiger charge is -2.31. The zero-order valence-electron chi connectivity index (χ0n) is 7.89. The normalized spacial score (nSPS) is 20.6. The van der Waals surface area contributed by atoms with Crippen molar-refractivity contribution >= 4 is 0 Å². The molecule has 0 spiro atoms. The van der Waals surface area contributed by atoms with E-state index in [4.69, 9.17) is 0 Å². The molecular weight excluding hydrogens is 150 g/mol. The summed E-state index contributed by atoms with van der Waals surface area (Å²) in [6, 6.07) is 0. The Bertz CT molecular complexity index is 299. The minimum absolute atomic E-state index is 0.221. The summed E-state index contributed by atoms with van der Waals surface area (Å²) in [6.07, 6.45) is 1.96. The van der Waals surface area contributed by atoms with Crippen molar-refractivity contribution in [3.8, 4) is 0 Å². The van der Waals surface area contributed by atoms with E-state index >= 15 is 0 Å². The average molecular weight is 165 g/mol. The van der Waals surface area contributed by atoms with Crippen LogP contribution in [-0.2, 0) is 19.0 Å². The predicted molar refractivity (Wildman–Crippen MR) is 47.9 cm³/mol. The highest BCUT2D eigenvalue weighted by Crippen LogP contribution is 2.28. The number of aryl methyl sites for hydroxylation is 1. The zero-order valence-corrected chi connectivity index (χ0v) is 7.89. The van der Waals surface area contributed by atoms with Gasteiger partial charge in [-0.05, 0) is 0 Å². The van der Waals surface area contributed by atoms with E-state index in [0.717, 1.165) is 13.1 Å². The number of fused-ring (bicyclic) bond motifs is 1. The number of rotatable bonds is 0. The van der Waals surface area contributed by atoms with E-state index in [2.05, 4.69) is 24.3 Å². The first-order valence-electron chi connectivity index (χ1n) is 4.33. The fourth-order valence-electron chi connectivity index (χ4n) is 2.08. The Morgan fingerprint density at radius 1 is 1.58 bits per heavy atom. The van der Waals surface area contributed by atoms with Crippen molar-refractivity contribution in [3.05, 3.63) is 17.5 Å². The third kappa shape index (κ3) is 0.966. The third-order valence-corrected chi connectivity index (χ3v) is 2.54. The quantitative estimate of drug-likeness (QED) is 0.616. The molecule has 12 heavy (non-hydrogen) atoms. The highest BCUT2D eigenvalue weighted by molar-refractivity contribution is 5.28.